The average Bonchev–Trinajstić information content (AvgIpc) is 3.59. The number of thiophene rings is 1. The molecule has 8 nitrogen and oxygen atoms in total. The van der Waals surface area contributed by atoms with E-state index < -0.39 is 0 Å². The molecule has 4 heterocycles. The molecule has 0 fully saturated rings. The second kappa shape index (κ2) is 8.85. The molecule has 0 bridgehead atoms. The van der Waals surface area contributed by atoms with E-state index in [0.717, 1.165) is 27.5 Å². The fourth-order valence-electron chi connectivity index (χ4n) is 3.17. The zero-order valence-electron chi connectivity index (χ0n) is 17.1. The zero-order chi connectivity index (χ0) is 21.9. The Balaban J connectivity index is 1.31. The summed E-state index contributed by atoms with van der Waals surface area (Å²) < 4.78 is 7.21. The van der Waals surface area contributed by atoms with Gasteiger partial charge in [-0.2, -0.15) is 16.3 Å². The number of aromatic nitrogens is 5. The summed E-state index contributed by atoms with van der Waals surface area (Å²) in [6, 6.07) is 11.8. The lowest BCUT2D eigenvalue weighted by Gasteiger charge is -2.02. The lowest BCUT2D eigenvalue weighted by molar-refractivity contribution is -0.116. The van der Waals surface area contributed by atoms with Crippen molar-refractivity contribution < 1.29 is 9.32 Å². The number of thiazole rings is 1. The van der Waals surface area contributed by atoms with Crippen LogP contribution in [0.2, 0.25) is 0 Å². The molecule has 0 saturated heterocycles. The van der Waals surface area contributed by atoms with Crippen molar-refractivity contribution >= 4 is 33.7 Å². The number of imidazole rings is 1. The maximum Gasteiger partial charge on any atom is 0.227 e. The minimum absolute atomic E-state index is 0.167. The van der Waals surface area contributed by atoms with E-state index in [-0.39, 0.29) is 12.3 Å². The third-order valence-electron chi connectivity index (χ3n) is 4.76. The lowest BCUT2D eigenvalue weighted by Crippen LogP contribution is -2.12. The van der Waals surface area contributed by atoms with E-state index in [1.165, 1.54) is 11.3 Å². The van der Waals surface area contributed by atoms with Gasteiger partial charge >= 0.3 is 0 Å². The van der Waals surface area contributed by atoms with Gasteiger partial charge in [0.15, 0.2) is 11.0 Å². The minimum atomic E-state index is -0.167. The first kappa shape index (κ1) is 20.3. The highest BCUT2D eigenvalue weighted by Crippen LogP contribution is 2.38. The predicted molar refractivity (Wildman–Crippen MR) is 124 cm³/mol. The van der Waals surface area contributed by atoms with Crippen molar-refractivity contribution in [3.8, 4) is 33.3 Å². The van der Waals surface area contributed by atoms with E-state index in [4.69, 9.17) is 9.51 Å². The normalized spacial score (nSPS) is 11.0. The van der Waals surface area contributed by atoms with Crippen LogP contribution in [0.5, 0.6) is 0 Å². The molecule has 1 aromatic carbocycles. The monoisotopic (exact) mass is 462 g/mol. The smallest absolute Gasteiger partial charge is 0.227 e. The molecule has 5 rings (SSSR count). The van der Waals surface area contributed by atoms with E-state index in [1.54, 1.807) is 17.5 Å². The van der Waals surface area contributed by atoms with Crippen molar-refractivity contribution in [3.05, 3.63) is 65.4 Å². The highest BCUT2D eigenvalue weighted by atomic mass is 32.1. The van der Waals surface area contributed by atoms with Gasteiger partial charge < -0.3 is 14.4 Å². The number of hydrogen-bond donors (Lipinski definition) is 1. The van der Waals surface area contributed by atoms with Gasteiger partial charge in [-0.1, -0.05) is 46.8 Å². The molecular formula is C22H18N6O2S2. The first-order chi connectivity index (χ1) is 15.7. The fraction of sp³-hybridized carbons (Fsp3) is 0.136. The molecule has 5 aromatic rings. The molecule has 1 N–H and O–H groups in total. The molecule has 0 aliphatic carbocycles. The van der Waals surface area contributed by atoms with Crippen LogP contribution in [0, 0.1) is 0 Å². The van der Waals surface area contributed by atoms with Crippen LogP contribution < -0.4 is 5.32 Å². The molecule has 4 aromatic heterocycles. The standard InChI is InChI=1S/C22H18N6O2S2/c1-28-11-10-23-21(28)19-18(14-5-3-2-4-6-14)26-22(32-19)24-16(29)7-8-17-25-20(27-30-17)15-9-12-31-13-15/h2-6,9-13H,7-8H2,1H3,(H,24,26,29). The summed E-state index contributed by atoms with van der Waals surface area (Å²) in [4.78, 5) is 27.0. The molecule has 0 atom stereocenters. The first-order valence-electron chi connectivity index (χ1n) is 9.86. The molecule has 0 unspecified atom stereocenters. The number of aryl methyl sites for hydroxylation is 2. The van der Waals surface area contributed by atoms with E-state index in [1.807, 2.05) is 65.0 Å². The molecule has 0 aliphatic heterocycles. The summed E-state index contributed by atoms with van der Waals surface area (Å²) in [5, 5.41) is 11.3. The number of nitrogens with one attached hydrogen (secondary N) is 1. The van der Waals surface area contributed by atoms with Gasteiger partial charge in [0, 0.05) is 48.8 Å². The zero-order valence-corrected chi connectivity index (χ0v) is 18.7. The maximum atomic E-state index is 12.6. The van der Waals surface area contributed by atoms with Gasteiger partial charge in [-0.05, 0) is 11.4 Å². The van der Waals surface area contributed by atoms with E-state index in [9.17, 15) is 4.79 Å². The van der Waals surface area contributed by atoms with Gasteiger partial charge in [0.1, 0.15) is 0 Å². The summed E-state index contributed by atoms with van der Waals surface area (Å²) in [6.07, 6.45) is 4.20. The number of anilines is 1. The Morgan fingerprint density at radius 3 is 2.78 bits per heavy atom. The van der Waals surface area contributed by atoms with Gasteiger partial charge in [-0.3, -0.25) is 4.79 Å². The van der Waals surface area contributed by atoms with Crippen LogP contribution in [0.3, 0.4) is 0 Å². The van der Waals surface area contributed by atoms with E-state index >= 15 is 0 Å². The summed E-state index contributed by atoms with van der Waals surface area (Å²) in [6.45, 7) is 0. The van der Waals surface area contributed by atoms with Gasteiger partial charge in [-0.25, -0.2) is 9.97 Å². The van der Waals surface area contributed by atoms with Crippen molar-refractivity contribution in [1.82, 2.24) is 24.7 Å². The molecule has 0 saturated carbocycles. The molecule has 0 spiro atoms. The van der Waals surface area contributed by atoms with Crippen molar-refractivity contribution in [2.75, 3.05) is 5.32 Å². The second-order valence-corrected chi connectivity index (χ2v) is 8.78. The Kier molecular flexibility index (Phi) is 5.61. The second-order valence-electron chi connectivity index (χ2n) is 7.00. The molecule has 32 heavy (non-hydrogen) atoms. The van der Waals surface area contributed by atoms with Crippen LogP contribution in [0.25, 0.3) is 33.3 Å². The van der Waals surface area contributed by atoms with Crippen LogP contribution in [0.15, 0.2) is 64.1 Å². The maximum absolute atomic E-state index is 12.6. The Hall–Kier alpha value is -3.63. The third kappa shape index (κ3) is 4.23. The Morgan fingerprint density at radius 2 is 2.03 bits per heavy atom. The molecule has 0 radical (unpaired) electrons. The number of rotatable bonds is 7. The van der Waals surface area contributed by atoms with Crippen molar-refractivity contribution in [3.63, 3.8) is 0 Å². The van der Waals surface area contributed by atoms with Crippen LogP contribution in [0.1, 0.15) is 12.3 Å². The Morgan fingerprint density at radius 1 is 1.16 bits per heavy atom. The number of amides is 1. The number of benzene rings is 1. The topological polar surface area (TPSA) is 98.7 Å². The summed E-state index contributed by atoms with van der Waals surface area (Å²) in [5.74, 6) is 1.60. The summed E-state index contributed by atoms with van der Waals surface area (Å²) in [5.41, 5.74) is 2.67. The van der Waals surface area contributed by atoms with Crippen LogP contribution >= 0.6 is 22.7 Å². The van der Waals surface area contributed by atoms with Crippen LogP contribution in [0.4, 0.5) is 5.13 Å². The van der Waals surface area contributed by atoms with Gasteiger partial charge in [0.2, 0.25) is 17.6 Å². The molecule has 10 heteroatoms. The lowest BCUT2D eigenvalue weighted by atomic mass is 10.1. The quantitative estimate of drug-likeness (QED) is 0.370. The third-order valence-corrected chi connectivity index (χ3v) is 6.41. The number of nitrogens with zero attached hydrogens (tertiary/aromatic N) is 5. The van der Waals surface area contributed by atoms with Gasteiger partial charge in [-0.15, -0.1) is 0 Å². The summed E-state index contributed by atoms with van der Waals surface area (Å²) in [7, 11) is 1.93. The Bertz CT molecular complexity index is 1340. The van der Waals surface area contributed by atoms with Gasteiger partial charge in [0.05, 0.1) is 10.6 Å². The largest absolute Gasteiger partial charge is 0.339 e. The van der Waals surface area contributed by atoms with Crippen molar-refractivity contribution in [1.29, 1.82) is 0 Å². The number of carbonyl (C=O) groups excluding carboxylic acids is 1. The molecular weight excluding hydrogens is 444 g/mol. The molecule has 0 aliphatic rings. The SMILES string of the molecule is Cn1ccnc1-c1sc(NC(=O)CCc2nc(-c3ccsc3)no2)nc1-c1ccccc1. The first-order valence-corrected chi connectivity index (χ1v) is 11.6. The Labute approximate surface area is 191 Å². The van der Waals surface area contributed by atoms with Gasteiger partial charge in [0.25, 0.3) is 0 Å². The number of carbonyl (C=O) groups is 1. The van der Waals surface area contributed by atoms with Crippen LogP contribution in [-0.2, 0) is 18.3 Å². The minimum Gasteiger partial charge on any atom is -0.339 e. The molecule has 160 valence electrons. The number of hydrogen-bond acceptors (Lipinski definition) is 8. The van der Waals surface area contributed by atoms with Crippen molar-refractivity contribution in [2.45, 2.75) is 12.8 Å². The molecule has 1 amide bonds. The van der Waals surface area contributed by atoms with E-state index in [2.05, 4.69) is 20.4 Å². The van der Waals surface area contributed by atoms with E-state index in [0.29, 0.717) is 23.3 Å². The van der Waals surface area contributed by atoms with Crippen molar-refractivity contribution in [2.24, 2.45) is 7.05 Å². The summed E-state index contributed by atoms with van der Waals surface area (Å²) >= 11 is 2.97. The predicted octanol–water partition coefficient (Wildman–Crippen LogP) is 4.89. The fourth-order valence-corrected chi connectivity index (χ4v) is 4.85. The van der Waals surface area contributed by atoms with Crippen LogP contribution in [-0.4, -0.2) is 30.6 Å². The highest BCUT2D eigenvalue weighted by Gasteiger charge is 2.19. The average molecular weight is 463 g/mol. The highest BCUT2D eigenvalue weighted by molar-refractivity contribution is 7.19.